The van der Waals surface area contributed by atoms with E-state index in [0.29, 0.717) is 12.1 Å². The van der Waals surface area contributed by atoms with E-state index in [1.54, 1.807) is 0 Å². The standard InChI is InChI=1S/C25H22N2O/c1-18-12-13-23-21(16-18)22(17-24(27-23)20-10-6-3-7-11-20)25(28)26-15-14-19-8-4-2-5-9-19/h2-13,16-17H,14-15H2,1H3,(H,26,28). The first kappa shape index (κ1) is 17.9. The smallest absolute Gasteiger partial charge is 0.252 e. The third kappa shape index (κ3) is 3.94. The molecule has 0 radical (unpaired) electrons. The zero-order valence-electron chi connectivity index (χ0n) is 15.9. The van der Waals surface area contributed by atoms with Crippen LogP contribution in [0, 0.1) is 6.92 Å². The van der Waals surface area contributed by atoms with E-state index in [2.05, 4.69) is 17.4 Å². The molecule has 0 aliphatic rings. The molecule has 3 heteroatoms. The summed E-state index contributed by atoms with van der Waals surface area (Å²) in [4.78, 5) is 17.8. The average molecular weight is 366 g/mol. The molecular formula is C25H22N2O. The number of benzene rings is 3. The average Bonchev–Trinajstić information content (AvgIpc) is 2.74. The van der Waals surface area contributed by atoms with Crippen molar-refractivity contribution in [1.29, 1.82) is 0 Å². The normalized spacial score (nSPS) is 10.8. The molecule has 1 amide bonds. The summed E-state index contributed by atoms with van der Waals surface area (Å²) < 4.78 is 0. The highest BCUT2D eigenvalue weighted by molar-refractivity contribution is 6.07. The highest BCUT2D eigenvalue weighted by Crippen LogP contribution is 2.25. The Morgan fingerprint density at radius 2 is 1.61 bits per heavy atom. The summed E-state index contributed by atoms with van der Waals surface area (Å²) >= 11 is 0. The fraction of sp³-hybridized carbons (Fsp3) is 0.120. The van der Waals surface area contributed by atoms with Gasteiger partial charge in [-0.05, 0) is 37.1 Å². The van der Waals surface area contributed by atoms with Gasteiger partial charge in [0.15, 0.2) is 0 Å². The molecule has 4 rings (SSSR count). The molecule has 1 aromatic heterocycles. The molecule has 0 spiro atoms. The summed E-state index contributed by atoms with van der Waals surface area (Å²) in [5.74, 6) is -0.0638. The molecule has 0 saturated heterocycles. The minimum atomic E-state index is -0.0638. The van der Waals surface area contributed by atoms with Gasteiger partial charge in [-0.3, -0.25) is 4.79 Å². The predicted octanol–water partition coefficient (Wildman–Crippen LogP) is 5.18. The van der Waals surface area contributed by atoms with Crippen molar-refractivity contribution in [1.82, 2.24) is 10.3 Å². The molecule has 1 heterocycles. The molecule has 0 bridgehead atoms. The van der Waals surface area contributed by atoms with Crippen LogP contribution in [0.5, 0.6) is 0 Å². The molecule has 0 saturated carbocycles. The van der Waals surface area contributed by atoms with Gasteiger partial charge in [-0.2, -0.15) is 0 Å². The van der Waals surface area contributed by atoms with Gasteiger partial charge in [0.25, 0.3) is 5.91 Å². The third-order valence-electron chi connectivity index (χ3n) is 4.82. The second-order valence-electron chi connectivity index (χ2n) is 6.93. The van der Waals surface area contributed by atoms with Gasteiger partial charge < -0.3 is 5.32 Å². The number of rotatable bonds is 5. The number of aryl methyl sites for hydroxylation is 1. The molecular weight excluding hydrogens is 344 g/mol. The Labute approximate surface area is 165 Å². The minimum absolute atomic E-state index is 0.0638. The number of nitrogens with one attached hydrogen (secondary N) is 1. The largest absolute Gasteiger partial charge is 0.352 e. The highest BCUT2D eigenvalue weighted by Gasteiger charge is 2.14. The van der Waals surface area contributed by atoms with Crippen LogP contribution < -0.4 is 5.32 Å². The first-order valence-electron chi connectivity index (χ1n) is 9.50. The first-order chi connectivity index (χ1) is 13.7. The Balaban J connectivity index is 1.65. The Morgan fingerprint density at radius 3 is 2.36 bits per heavy atom. The summed E-state index contributed by atoms with van der Waals surface area (Å²) in [7, 11) is 0. The van der Waals surface area contributed by atoms with Crippen LogP contribution in [0.3, 0.4) is 0 Å². The number of carbonyl (C=O) groups excluding carboxylic acids is 1. The van der Waals surface area contributed by atoms with Crippen molar-refractivity contribution in [2.45, 2.75) is 13.3 Å². The Bertz CT molecular complexity index is 1110. The number of hydrogen-bond donors (Lipinski definition) is 1. The molecule has 0 fully saturated rings. The van der Waals surface area contributed by atoms with Crippen molar-refractivity contribution in [3.05, 3.63) is 102 Å². The van der Waals surface area contributed by atoms with Crippen LogP contribution in [0.4, 0.5) is 0 Å². The number of aromatic nitrogens is 1. The lowest BCUT2D eigenvalue weighted by atomic mass is 10.0. The zero-order valence-corrected chi connectivity index (χ0v) is 15.9. The van der Waals surface area contributed by atoms with Crippen LogP contribution in [0.2, 0.25) is 0 Å². The van der Waals surface area contributed by atoms with E-state index in [1.807, 2.05) is 79.7 Å². The topological polar surface area (TPSA) is 42.0 Å². The molecule has 0 unspecified atom stereocenters. The van der Waals surface area contributed by atoms with Crippen LogP contribution >= 0.6 is 0 Å². The van der Waals surface area contributed by atoms with E-state index < -0.39 is 0 Å². The Kier molecular flexibility index (Phi) is 5.16. The lowest BCUT2D eigenvalue weighted by molar-refractivity contribution is 0.0956. The van der Waals surface area contributed by atoms with Crippen molar-refractivity contribution >= 4 is 16.8 Å². The first-order valence-corrected chi connectivity index (χ1v) is 9.50. The molecule has 0 aliphatic carbocycles. The summed E-state index contributed by atoms with van der Waals surface area (Å²) in [5.41, 5.74) is 5.64. The minimum Gasteiger partial charge on any atom is -0.352 e. The van der Waals surface area contributed by atoms with E-state index >= 15 is 0 Å². The fourth-order valence-corrected chi connectivity index (χ4v) is 3.34. The van der Waals surface area contributed by atoms with Crippen molar-refractivity contribution < 1.29 is 4.79 Å². The Morgan fingerprint density at radius 1 is 0.893 bits per heavy atom. The number of carbonyl (C=O) groups is 1. The molecule has 3 nitrogen and oxygen atoms in total. The predicted molar refractivity (Wildman–Crippen MR) is 114 cm³/mol. The lowest BCUT2D eigenvalue weighted by Gasteiger charge is -2.11. The van der Waals surface area contributed by atoms with Gasteiger partial charge >= 0.3 is 0 Å². The van der Waals surface area contributed by atoms with Crippen molar-refractivity contribution in [2.75, 3.05) is 6.54 Å². The zero-order chi connectivity index (χ0) is 19.3. The van der Waals surface area contributed by atoms with Gasteiger partial charge in [0.05, 0.1) is 16.8 Å². The number of pyridine rings is 1. The van der Waals surface area contributed by atoms with Gasteiger partial charge in [0.1, 0.15) is 0 Å². The number of fused-ring (bicyclic) bond motifs is 1. The molecule has 4 aromatic rings. The summed E-state index contributed by atoms with van der Waals surface area (Å²) in [6, 6.07) is 28.1. The summed E-state index contributed by atoms with van der Waals surface area (Å²) in [6.45, 7) is 2.63. The van der Waals surface area contributed by atoms with Gasteiger partial charge in [0, 0.05) is 17.5 Å². The number of nitrogens with zero attached hydrogens (tertiary/aromatic N) is 1. The quantitative estimate of drug-likeness (QED) is 0.529. The van der Waals surface area contributed by atoms with Crippen LogP contribution in [-0.4, -0.2) is 17.4 Å². The van der Waals surface area contributed by atoms with Gasteiger partial charge in [0.2, 0.25) is 0 Å². The molecule has 28 heavy (non-hydrogen) atoms. The fourth-order valence-electron chi connectivity index (χ4n) is 3.34. The van der Waals surface area contributed by atoms with Crippen molar-refractivity contribution in [2.24, 2.45) is 0 Å². The third-order valence-corrected chi connectivity index (χ3v) is 4.82. The Hall–Kier alpha value is -3.46. The van der Waals surface area contributed by atoms with Gasteiger partial charge in [-0.1, -0.05) is 72.3 Å². The van der Waals surface area contributed by atoms with Crippen LogP contribution in [0.25, 0.3) is 22.2 Å². The van der Waals surface area contributed by atoms with E-state index in [-0.39, 0.29) is 5.91 Å². The molecule has 138 valence electrons. The maximum absolute atomic E-state index is 13.0. The molecule has 0 atom stereocenters. The number of hydrogen-bond acceptors (Lipinski definition) is 2. The van der Waals surface area contributed by atoms with Crippen molar-refractivity contribution in [3.8, 4) is 11.3 Å². The SMILES string of the molecule is Cc1ccc2nc(-c3ccccc3)cc(C(=O)NCCc3ccccc3)c2c1. The van der Waals surface area contributed by atoms with Gasteiger partial charge in [-0.25, -0.2) is 4.98 Å². The van der Waals surface area contributed by atoms with Crippen LogP contribution in [0.15, 0.2) is 84.9 Å². The summed E-state index contributed by atoms with van der Waals surface area (Å²) in [6.07, 6.45) is 0.806. The maximum Gasteiger partial charge on any atom is 0.252 e. The second-order valence-corrected chi connectivity index (χ2v) is 6.93. The molecule has 3 aromatic carbocycles. The summed E-state index contributed by atoms with van der Waals surface area (Å²) in [5, 5.41) is 3.96. The number of amides is 1. The molecule has 0 aliphatic heterocycles. The van der Waals surface area contributed by atoms with E-state index in [1.165, 1.54) is 5.56 Å². The van der Waals surface area contributed by atoms with Gasteiger partial charge in [-0.15, -0.1) is 0 Å². The van der Waals surface area contributed by atoms with Crippen LogP contribution in [0.1, 0.15) is 21.5 Å². The van der Waals surface area contributed by atoms with Crippen molar-refractivity contribution in [3.63, 3.8) is 0 Å². The van der Waals surface area contributed by atoms with E-state index in [0.717, 1.165) is 34.1 Å². The maximum atomic E-state index is 13.0. The van der Waals surface area contributed by atoms with E-state index in [9.17, 15) is 4.79 Å². The highest BCUT2D eigenvalue weighted by atomic mass is 16.1. The van der Waals surface area contributed by atoms with Crippen LogP contribution in [-0.2, 0) is 6.42 Å². The lowest BCUT2D eigenvalue weighted by Crippen LogP contribution is -2.26. The van der Waals surface area contributed by atoms with E-state index in [4.69, 9.17) is 4.98 Å². The monoisotopic (exact) mass is 366 g/mol. The second kappa shape index (κ2) is 8.05. The molecule has 1 N–H and O–H groups in total.